The zero-order valence-corrected chi connectivity index (χ0v) is 18.6. The van der Waals surface area contributed by atoms with Crippen LogP contribution >= 0.6 is 0 Å². The number of carbonyl (C=O) groups is 1. The van der Waals surface area contributed by atoms with Gasteiger partial charge in [-0.05, 0) is 69.7 Å². The number of aromatic nitrogens is 3. The van der Waals surface area contributed by atoms with Crippen molar-refractivity contribution in [3.8, 4) is 28.1 Å². The van der Waals surface area contributed by atoms with Crippen LogP contribution in [-0.4, -0.2) is 45.0 Å². The number of hydrogen-bond donors (Lipinski definition) is 0. The third-order valence-electron chi connectivity index (χ3n) is 5.37. The Hall–Kier alpha value is -3.35. The average molecular weight is 421 g/mol. The number of fused-ring (bicyclic) bond motifs is 1. The van der Waals surface area contributed by atoms with Gasteiger partial charge in [-0.3, -0.25) is 14.6 Å². The standard InChI is InChI=1S/C24H28N4O3/c1-16-22-20(17-10-12-25-13-11-17)21(18-6-8-19(30-5)9-7-18)26-28(22)15-14-27(16)23(29)31-24(2,3)4/h6-13,16H,14-15H2,1-5H3/t16-/m1/s1. The van der Waals surface area contributed by atoms with Gasteiger partial charge in [-0.15, -0.1) is 0 Å². The van der Waals surface area contributed by atoms with E-state index in [-0.39, 0.29) is 12.1 Å². The molecule has 3 aromatic rings. The number of pyridine rings is 1. The van der Waals surface area contributed by atoms with Gasteiger partial charge in [0.25, 0.3) is 0 Å². The normalized spacial score (nSPS) is 16.0. The van der Waals surface area contributed by atoms with Gasteiger partial charge < -0.3 is 9.47 Å². The summed E-state index contributed by atoms with van der Waals surface area (Å²) in [7, 11) is 1.65. The van der Waals surface area contributed by atoms with Crippen molar-refractivity contribution in [1.29, 1.82) is 0 Å². The van der Waals surface area contributed by atoms with Gasteiger partial charge in [-0.25, -0.2) is 4.79 Å². The minimum atomic E-state index is -0.545. The maximum absolute atomic E-state index is 12.9. The SMILES string of the molecule is COc1ccc(-c2nn3c(c2-c2ccncc2)[C@@H](C)N(C(=O)OC(C)(C)C)CC3)cc1. The topological polar surface area (TPSA) is 69.5 Å². The van der Waals surface area contributed by atoms with E-state index in [1.165, 1.54) is 0 Å². The van der Waals surface area contributed by atoms with Crippen LogP contribution in [0.3, 0.4) is 0 Å². The Morgan fingerprint density at radius 3 is 2.32 bits per heavy atom. The molecule has 1 aromatic carbocycles. The molecular formula is C24H28N4O3. The van der Waals surface area contributed by atoms with Crippen molar-refractivity contribution in [2.45, 2.75) is 45.9 Å². The average Bonchev–Trinajstić information content (AvgIpc) is 3.14. The number of amides is 1. The van der Waals surface area contributed by atoms with Crippen LogP contribution in [0.2, 0.25) is 0 Å². The summed E-state index contributed by atoms with van der Waals surface area (Å²) in [5, 5.41) is 4.95. The molecule has 1 amide bonds. The summed E-state index contributed by atoms with van der Waals surface area (Å²) in [6.07, 6.45) is 3.24. The minimum absolute atomic E-state index is 0.189. The van der Waals surface area contributed by atoms with E-state index in [0.717, 1.165) is 33.8 Å². The Labute approximate surface area is 182 Å². The number of methoxy groups -OCH3 is 1. The summed E-state index contributed by atoms with van der Waals surface area (Å²) in [6.45, 7) is 8.82. The quantitative estimate of drug-likeness (QED) is 0.601. The molecule has 0 unspecified atom stereocenters. The molecule has 162 valence electrons. The molecule has 4 rings (SSSR count). The van der Waals surface area contributed by atoms with E-state index in [1.807, 2.05) is 68.8 Å². The highest BCUT2D eigenvalue weighted by molar-refractivity contribution is 5.84. The maximum atomic E-state index is 12.9. The fraction of sp³-hybridized carbons (Fsp3) is 0.375. The summed E-state index contributed by atoms with van der Waals surface area (Å²) >= 11 is 0. The molecule has 2 aromatic heterocycles. The van der Waals surface area contributed by atoms with Crippen LogP contribution in [0.4, 0.5) is 4.79 Å². The second-order valence-electron chi connectivity index (χ2n) is 8.65. The Morgan fingerprint density at radius 1 is 1.03 bits per heavy atom. The van der Waals surface area contributed by atoms with Crippen molar-refractivity contribution in [2.75, 3.05) is 13.7 Å². The zero-order chi connectivity index (χ0) is 22.2. The lowest BCUT2D eigenvalue weighted by atomic mass is 9.96. The minimum Gasteiger partial charge on any atom is -0.497 e. The van der Waals surface area contributed by atoms with E-state index in [2.05, 4.69) is 4.98 Å². The molecule has 0 bridgehead atoms. The number of ether oxygens (including phenoxy) is 2. The summed E-state index contributed by atoms with van der Waals surface area (Å²) < 4.78 is 13.0. The van der Waals surface area contributed by atoms with Crippen molar-refractivity contribution in [2.24, 2.45) is 0 Å². The number of benzene rings is 1. The number of carbonyl (C=O) groups excluding carboxylic acids is 1. The highest BCUT2D eigenvalue weighted by atomic mass is 16.6. The molecule has 0 saturated heterocycles. The first-order valence-corrected chi connectivity index (χ1v) is 10.4. The second kappa shape index (κ2) is 8.06. The van der Waals surface area contributed by atoms with Crippen molar-refractivity contribution in [3.05, 3.63) is 54.5 Å². The van der Waals surface area contributed by atoms with Crippen LogP contribution in [0.15, 0.2) is 48.8 Å². The predicted octanol–water partition coefficient (Wildman–Crippen LogP) is 4.93. The molecule has 7 nitrogen and oxygen atoms in total. The Kier molecular flexibility index (Phi) is 5.43. The predicted molar refractivity (Wildman–Crippen MR) is 119 cm³/mol. The first-order chi connectivity index (χ1) is 14.8. The molecule has 0 N–H and O–H groups in total. The lowest BCUT2D eigenvalue weighted by molar-refractivity contribution is 0.0121. The summed E-state index contributed by atoms with van der Waals surface area (Å²) in [5.41, 5.74) is 4.34. The molecule has 1 atom stereocenters. The molecule has 1 aliphatic rings. The van der Waals surface area contributed by atoms with Gasteiger partial charge in [-0.2, -0.15) is 5.10 Å². The molecule has 7 heteroatoms. The largest absolute Gasteiger partial charge is 0.497 e. The third kappa shape index (κ3) is 4.13. The van der Waals surface area contributed by atoms with E-state index >= 15 is 0 Å². The molecule has 0 radical (unpaired) electrons. The summed E-state index contributed by atoms with van der Waals surface area (Å²) in [6, 6.07) is 11.6. The molecule has 0 spiro atoms. The highest BCUT2D eigenvalue weighted by Crippen LogP contribution is 2.41. The van der Waals surface area contributed by atoms with E-state index in [9.17, 15) is 4.79 Å². The van der Waals surface area contributed by atoms with Crippen LogP contribution in [0.5, 0.6) is 5.75 Å². The zero-order valence-electron chi connectivity index (χ0n) is 18.6. The van der Waals surface area contributed by atoms with Crippen LogP contribution in [0, 0.1) is 0 Å². The van der Waals surface area contributed by atoms with Crippen LogP contribution in [-0.2, 0) is 11.3 Å². The van der Waals surface area contributed by atoms with Crippen LogP contribution in [0.25, 0.3) is 22.4 Å². The first-order valence-electron chi connectivity index (χ1n) is 10.4. The van der Waals surface area contributed by atoms with Gasteiger partial charge in [0.15, 0.2) is 0 Å². The Balaban J connectivity index is 1.82. The first kappa shape index (κ1) is 20.9. The Bertz CT molecular complexity index is 1070. The van der Waals surface area contributed by atoms with Crippen LogP contribution < -0.4 is 4.74 Å². The molecule has 0 fully saturated rings. The molecule has 31 heavy (non-hydrogen) atoms. The number of nitrogens with zero attached hydrogens (tertiary/aromatic N) is 4. The lowest BCUT2D eigenvalue weighted by Gasteiger charge is -2.35. The fourth-order valence-corrected chi connectivity index (χ4v) is 3.94. The second-order valence-corrected chi connectivity index (χ2v) is 8.65. The third-order valence-corrected chi connectivity index (χ3v) is 5.37. The van der Waals surface area contributed by atoms with Crippen molar-refractivity contribution >= 4 is 6.09 Å². The van der Waals surface area contributed by atoms with Gasteiger partial charge >= 0.3 is 6.09 Å². The van der Waals surface area contributed by atoms with Gasteiger partial charge in [0.05, 0.1) is 25.4 Å². The molecule has 1 aliphatic heterocycles. The van der Waals surface area contributed by atoms with Crippen molar-refractivity contribution in [3.63, 3.8) is 0 Å². The van der Waals surface area contributed by atoms with Gasteiger partial charge in [0, 0.05) is 30.1 Å². The highest BCUT2D eigenvalue weighted by Gasteiger charge is 2.35. The molecule has 0 saturated carbocycles. The number of hydrogen-bond acceptors (Lipinski definition) is 5. The summed E-state index contributed by atoms with van der Waals surface area (Å²) in [5.74, 6) is 0.794. The smallest absolute Gasteiger partial charge is 0.410 e. The fourth-order valence-electron chi connectivity index (χ4n) is 3.94. The van der Waals surface area contributed by atoms with Gasteiger partial charge in [-0.1, -0.05) is 0 Å². The van der Waals surface area contributed by atoms with E-state index in [4.69, 9.17) is 14.6 Å². The number of rotatable bonds is 3. The van der Waals surface area contributed by atoms with E-state index in [0.29, 0.717) is 13.1 Å². The van der Waals surface area contributed by atoms with Gasteiger partial charge in [0.2, 0.25) is 0 Å². The summed E-state index contributed by atoms with van der Waals surface area (Å²) in [4.78, 5) is 18.8. The van der Waals surface area contributed by atoms with Gasteiger partial charge in [0.1, 0.15) is 17.0 Å². The van der Waals surface area contributed by atoms with Crippen LogP contribution in [0.1, 0.15) is 39.4 Å². The molecule has 3 heterocycles. The Morgan fingerprint density at radius 2 is 1.71 bits per heavy atom. The maximum Gasteiger partial charge on any atom is 0.410 e. The lowest BCUT2D eigenvalue weighted by Crippen LogP contribution is -2.43. The van der Waals surface area contributed by atoms with Crippen molar-refractivity contribution in [1.82, 2.24) is 19.7 Å². The molecule has 0 aliphatic carbocycles. The van der Waals surface area contributed by atoms with Crippen molar-refractivity contribution < 1.29 is 14.3 Å². The van der Waals surface area contributed by atoms with E-state index < -0.39 is 5.60 Å². The van der Waals surface area contributed by atoms with E-state index in [1.54, 1.807) is 24.4 Å². The molecular weight excluding hydrogens is 392 g/mol. The monoisotopic (exact) mass is 420 g/mol.